The summed E-state index contributed by atoms with van der Waals surface area (Å²) >= 11 is 0. The maximum Gasteiger partial charge on any atom is 0.312 e. The van der Waals surface area contributed by atoms with Gasteiger partial charge in [-0.3, -0.25) is 4.79 Å². The molecule has 3 nitrogen and oxygen atoms in total. The molecule has 0 aliphatic heterocycles. The fourth-order valence-corrected chi connectivity index (χ4v) is 11.5. The van der Waals surface area contributed by atoms with Crippen LogP contribution in [0.3, 0.4) is 0 Å². The summed E-state index contributed by atoms with van der Waals surface area (Å²) < 4.78 is 0. The van der Waals surface area contributed by atoms with E-state index in [1.165, 1.54) is 44.1 Å². The lowest BCUT2D eigenvalue weighted by molar-refractivity contribution is -0.250. The standard InChI is InChI=1S/C30H48O3/c1-18(2)19-10-13-26(3)16-17-28(5)20(24(19)26)8-9-21-27(4)14-12-23(31)30(7,25(32)33)22(27)11-15-29(21,28)6/h19-24,31H,1,8-17H2,2-7H3,(H,32,33)/t19-,20+,21-,22+,23+,24-,26+,27+,28+,29+,30+/m0/s1. The molecule has 5 saturated carbocycles. The molecule has 5 fully saturated rings. The molecule has 3 heteroatoms. The molecule has 0 saturated heterocycles. The summed E-state index contributed by atoms with van der Waals surface area (Å²) in [5, 5.41) is 21.1. The Balaban J connectivity index is 1.55. The fourth-order valence-electron chi connectivity index (χ4n) is 11.5. The smallest absolute Gasteiger partial charge is 0.312 e. The first-order valence-electron chi connectivity index (χ1n) is 13.8. The number of rotatable bonds is 2. The van der Waals surface area contributed by atoms with Crippen molar-refractivity contribution in [3.63, 3.8) is 0 Å². The molecule has 0 heterocycles. The molecular formula is C30H48O3. The van der Waals surface area contributed by atoms with Crippen LogP contribution in [0.5, 0.6) is 0 Å². The van der Waals surface area contributed by atoms with E-state index in [2.05, 4.69) is 41.2 Å². The lowest BCUT2D eigenvalue weighted by atomic mass is 9.32. The van der Waals surface area contributed by atoms with E-state index >= 15 is 0 Å². The van der Waals surface area contributed by atoms with E-state index in [1.54, 1.807) is 0 Å². The van der Waals surface area contributed by atoms with Crippen molar-refractivity contribution in [2.75, 3.05) is 0 Å². The molecule has 0 bridgehead atoms. The molecule has 0 spiro atoms. The van der Waals surface area contributed by atoms with Gasteiger partial charge in [0, 0.05) is 0 Å². The van der Waals surface area contributed by atoms with Gasteiger partial charge in [0.15, 0.2) is 0 Å². The van der Waals surface area contributed by atoms with Crippen LogP contribution in [0.4, 0.5) is 0 Å². The zero-order chi connectivity index (χ0) is 24.2. The molecule has 0 aromatic carbocycles. The molecular weight excluding hydrogens is 408 g/mol. The molecule has 33 heavy (non-hydrogen) atoms. The van der Waals surface area contributed by atoms with Gasteiger partial charge in [0.05, 0.1) is 11.5 Å². The van der Waals surface area contributed by atoms with Crippen molar-refractivity contribution in [3.05, 3.63) is 12.2 Å². The van der Waals surface area contributed by atoms with Crippen LogP contribution in [-0.2, 0) is 4.79 Å². The monoisotopic (exact) mass is 456 g/mol. The molecule has 2 N–H and O–H groups in total. The minimum atomic E-state index is -1.02. The van der Waals surface area contributed by atoms with Crippen molar-refractivity contribution in [1.82, 2.24) is 0 Å². The highest BCUT2D eigenvalue weighted by Gasteiger charge is 2.71. The van der Waals surface area contributed by atoms with E-state index in [0.717, 1.165) is 31.1 Å². The Morgan fingerprint density at radius 3 is 2.15 bits per heavy atom. The normalized spacial score (nSPS) is 57.9. The van der Waals surface area contributed by atoms with Crippen molar-refractivity contribution in [2.45, 2.75) is 112 Å². The zero-order valence-corrected chi connectivity index (χ0v) is 22.0. The quantitative estimate of drug-likeness (QED) is 0.436. The van der Waals surface area contributed by atoms with Crippen LogP contribution in [0.15, 0.2) is 12.2 Å². The van der Waals surface area contributed by atoms with Crippen molar-refractivity contribution in [3.8, 4) is 0 Å². The summed E-state index contributed by atoms with van der Waals surface area (Å²) in [5.74, 6) is 2.00. The summed E-state index contributed by atoms with van der Waals surface area (Å²) in [6, 6.07) is 0. The Morgan fingerprint density at radius 2 is 1.52 bits per heavy atom. The number of carboxylic acids is 1. The molecule has 0 aromatic rings. The van der Waals surface area contributed by atoms with Gasteiger partial charge in [-0.2, -0.15) is 0 Å². The van der Waals surface area contributed by atoms with Gasteiger partial charge < -0.3 is 10.2 Å². The minimum Gasteiger partial charge on any atom is -0.481 e. The van der Waals surface area contributed by atoms with Gasteiger partial charge in [-0.25, -0.2) is 0 Å². The first kappa shape index (κ1) is 23.9. The van der Waals surface area contributed by atoms with Gasteiger partial charge in [-0.05, 0) is 129 Å². The largest absolute Gasteiger partial charge is 0.481 e. The molecule has 186 valence electrons. The number of carbonyl (C=O) groups is 1. The van der Waals surface area contributed by atoms with E-state index in [-0.39, 0.29) is 16.7 Å². The maximum atomic E-state index is 12.5. The Kier molecular flexibility index (Phi) is 5.15. The Hall–Kier alpha value is -0.830. The number of aliphatic carboxylic acids is 1. The molecule has 0 radical (unpaired) electrons. The molecule has 5 rings (SSSR count). The molecule has 5 aliphatic rings. The van der Waals surface area contributed by atoms with Gasteiger partial charge in [0.25, 0.3) is 0 Å². The van der Waals surface area contributed by atoms with Crippen LogP contribution in [0, 0.1) is 56.7 Å². The van der Waals surface area contributed by atoms with E-state index in [4.69, 9.17) is 0 Å². The second-order valence-electron chi connectivity index (χ2n) is 14.5. The lowest BCUT2D eigenvalue weighted by Crippen LogP contribution is -2.67. The molecule has 11 atom stereocenters. The van der Waals surface area contributed by atoms with Crippen LogP contribution in [0.25, 0.3) is 0 Å². The van der Waals surface area contributed by atoms with E-state index < -0.39 is 17.5 Å². The van der Waals surface area contributed by atoms with Gasteiger partial charge >= 0.3 is 5.97 Å². The predicted octanol–water partition coefficient (Wildman–Crippen LogP) is 7.09. The van der Waals surface area contributed by atoms with E-state index in [9.17, 15) is 15.0 Å². The number of aliphatic hydroxyl groups is 1. The first-order chi connectivity index (χ1) is 15.3. The fraction of sp³-hybridized carbons (Fsp3) is 0.900. The second kappa shape index (κ2) is 7.11. The summed E-state index contributed by atoms with van der Waals surface area (Å²) in [5.41, 5.74) is 1.39. The van der Waals surface area contributed by atoms with Crippen LogP contribution < -0.4 is 0 Å². The number of carboxylic acid groups (broad SMARTS) is 1. The highest BCUT2D eigenvalue weighted by atomic mass is 16.4. The summed E-state index contributed by atoms with van der Waals surface area (Å²) in [6.45, 7) is 18.8. The molecule has 5 aliphatic carbocycles. The second-order valence-corrected chi connectivity index (χ2v) is 14.5. The predicted molar refractivity (Wildman–Crippen MR) is 133 cm³/mol. The van der Waals surface area contributed by atoms with Gasteiger partial charge in [0.1, 0.15) is 0 Å². The van der Waals surface area contributed by atoms with Crippen LogP contribution in [-0.4, -0.2) is 22.3 Å². The number of aliphatic hydroxyl groups excluding tert-OH is 1. The number of fused-ring (bicyclic) bond motifs is 7. The van der Waals surface area contributed by atoms with Crippen molar-refractivity contribution in [2.24, 2.45) is 56.7 Å². The van der Waals surface area contributed by atoms with Crippen LogP contribution in [0.2, 0.25) is 0 Å². The molecule has 0 aromatic heterocycles. The molecule has 0 amide bonds. The topological polar surface area (TPSA) is 57.5 Å². The Morgan fingerprint density at radius 1 is 0.818 bits per heavy atom. The first-order valence-corrected chi connectivity index (χ1v) is 13.8. The number of allylic oxidation sites excluding steroid dienone is 1. The lowest BCUT2D eigenvalue weighted by Gasteiger charge is -2.72. The average molecular weight is 457 g/mol. The van der Waals surface area contributed by atoms with Crippen LogP contribution >= 0.6 is 0 Å². The van der Waals surface area contributed by atoms with Gasteiger partial charge in [0.2, 0.25) is 0 Å². The minimum absolute atomic E-state index is 0.00245. The zero-order valence-electron chi connectivity index (χ0n) is 22.0. The Labute approximate surface area is 201 Å². The number of hydrogen-bond donors (Lipinski definition) is 2. The highest BCUT2D eigenvalue weighted by Crippen LogP contribution is 2.77. The van der Waals surface area contributed by atoms with Crippen molar-refractivity contribution in [1.29, 1.82) is 0 Å². The third-order valence-electron chi connectivity index (χ3n) is 13.6. The summed E-state index contributed by atoms with van der Waals surface area (Å²) in [7, 11) is 0. The van der Waals surface area contributed by atoms with E-state index in [1.807, 2.05) is 6.92 Å². The maximum absolute atomic E-state index is 12.5. The van der Waals surface area contributed by atoms with Crippen molar-refractivity contribution >= 4 is 5.97 Å². The van der Waals surface area contributed by atoms with Gasteiger partial charge in [-0.1, -0.05) is 39.8 Å². The molecule has 0 unspecified atom stereocenters. The van der Waals surface area contributed by atoms with Crippen LogP contribution in [0.1, 0.15) is 106 Å². The Bertz CT molecular complexity index is 865. The SMILES string of the molecule is C=C(C)[C@@H]1CC[C@]2(C)CC[C@]3(C)[C@H](CC[C@H]4[C@@]5(C)CC[C@@H](O)[C@](C)(C(=O)O)[C@@H]5CC[C@]43C)[C@H]12. The van der Waals surface area contributed by atoms with E-state index in [0.29, 0.717) is 29.1 Å². The highest BCUT2D eigenvalue weighted by molar-refractivity contribution is 5.76. The number of hydrogen-bond acceptors (Lipinski definition) is 2. The third kappa shape index (κ3) is 2.75. The summed E-state index contributed by atoms with van der Waals surface area (Å²) in [4.78, 5) is 12.5. The third-order valence-corrected chi connectivity index (χ3v) is 13.6. The summed E-state index contributed by atoms with van der Waals surface area (Å²) in [6.07, 6.45) is 10.8. The van der Waals surface area contributed by atoms with Gasteiger partial charge in [-0.15, -0.1) is 0 Å². The van der Waals surface area contributed by atoms with Crippen molar-refractivity contribution < 1.29 is 15.0 Å². The average Bonchev–Trinajstić information content (AvgIpc) is 3.09.